The molecule has 0 spiro atoms. The fourth-order valence-electron chi connectivity index (χ4n) is 3.25. The van der Waals surface area contributed by atoms with Crippen LogP contribution >= 0.6 is 0 Å². The Bertz CT molecular complexity index is 709. The van der Waals surface area contributed by atoms with Crippen LogP contribution in [-0.4, -0.2) is 23.0 Å². The van der Waals surface area contributed by atoms with E-state index in [0.29, 0.717) is 19.3 Å². The predicted molar refractivity (Wildman–Crippen MR) is 92.5 cm³/mol. The topological polar surface area (TPSA) is 66.4 Å². The third-order valence-electron chi connectivity index (χ3n) is 4.57. The fourth-order valence-corrected chi connectivity index (χ4v) is 3.25. The molecule has 4 nitrogen and oxygen atoms in total. The van der Waals surface area contributed by atoms with Gasteiger partial charge in [0.2, 0.25) is 5.91 Å². The van der Waals surface area contributed by atoms with Gasteiger partial charge < -0.3 is 10.4 Å². The van der Waals surface area contributed by atoms with E-state index in [2.05, 4.69) is 17.4 Å². The van der Waals surface area contributed by atoms with Crippen molar-refractivity contribution in [2.75, 3.05) is 0 Å². The van der Waals surface area contributed by atoms with Crippen molar-refractivity contribution in [3.8, 4) is 11.1 Å². The first-order chi connectivity index (χ1) is 11.6. The molecule has 2 aromatic carbocycles. The molecule has 0 aliphatic heterocycles. The lowest BCUT2D eigenvalue weighted by molar-refractivity contribution is -0.141. The summed E-state index contributed by atoms with van der Waals surface area (Å²) in [6.45, 7) is 0. The Morgan fingerprint density at radius 3 is 2.25 bits per heavy atom. The molecule has 2 atom stereocenters. The molecule has 24 heavy (non-hydrogen) atoms. The largest absolute Gasteiger partial charge is 0.481 e. The van der Waals surface area contributed by atoms with E-state index >= 15 is 0 Å². The van der Waals surface area contributed by atoms with Crippen molar-refractivity contribution in [3.05, 3.63) is 60.2 Å². The van der Waals surface area contributed by atoms with Gasteiger partial charge in [0.25, 0.3) is 0 Å². The quantitative estimate of drug-likeness (QED) is 0.887. The minimum atomic E-state index is -0.761. The molecule has 1 amide bonds. The van der Waals surface area contributed by atoms with Crippen molar-refractivity contribution in [2.45, 2.75) is 31.7 Å². The molecule has 4 heteroatoms. The average Bonchev–Trinajstić information content (AvgIpc) is 3.05. The van der Waals surface area contributed by atoms with Gasteiger partial charge in [-0.2, -0.15) is 0 Å². The Hall–Kier alpha value is -2.62. The lowest BCUT2D eigenvalue weighted by Crippen LogP contribution is -2.34. The molecule has 0 heterocycles. The number of benzene rings is 2. The molecular weight excluding hydrogens is 302 g/mol. The van der Waals surface area contributed by atoms with Crippen LogP contribution in [0.4, 0.5) is 0 Å². The number of carbonyl (C=O) groups excluding carboxylic acids is 1. The molecule has 2 N–H and O–H groups in total. The summed E-state index contributed by atoms with van der Waals surface area (Å²) >= 11 is 0. The van der Waals surface area contributed by atoms with E-state index in [1.54, 1.807) is 0 Å². The number of aliphatic carboxylic acids is 1. The smallest absolute Gasteiger partial charge is 0.306 e. The van der Waals surface area contributed by atoms with Gasteiger partial charge in [0.15, 0.2) is 0 Å². The average molecular weight is 323 g/mol. The fraction of sp³-hybridized carbons (Fsp3) is 0.300. The van der Waals surface area contributed by atoms with Crippen molar-refractivity contribution in [2.24, 2.45) is 5.92 Å². The predicted octanol–water partition coefficient (Wildman–Crippen LogP) is 3.27. The monoisotopic (exact) mass is 323 g/mol. The van der Waals surface area contributed by atoms with Crippen LogP contribution in [0.25, 0.3) is 11.1 Å². The highest BCUT2D eigenvalue weighted by Crippen LogP contribution is 2.25. The van der Waals surface area contributed by atoms with Gasteiger partial charge in [0, 0.05) is 6.04 Å². The molecule has 0 saturated heterocycles. The van der Waals surface area contributed by atoms with E-state index in [4.69, 9.17) is 5.11 Å². The second kappa shape index (κ2) is 7.30. The van der Waals surface area contributed by atoms with Gasteiger partial charge in [0.05, 0.1) is 12.3 Å². The van der Waals surface area contributed by atoms with Crippen LogP contribution in [0.2, 0.25) is 0 Å². The highest BCUT2D eigenvalue weighted by Gasteiger charge is 2.30. The number of nitrogens with one attached hydrogen (secondary N) is 1. The number of rotatable bonds is 5. The molecule has 0 bridgehead atoms. The first-order valence-electron chi connectivity index (χ1n) is 8.28. The van der Waals surface area contributed by atoms with Gasteiger partial charge in [-0.25, -0.2) is 0 Å². The second-order valence-electron chi connectivity index (χ2n) is 6.35. The van der Waals surface area contributed by atoms with E-state index in [0.717, 1.165) is 23.1 Å². The summed E-state index contributed by atoms with van der Waals surface area (Å²) in [4.78, 5) is 23.1. The minimum Gasteiger partial charge on any atom is -0.481 e. The summed E-state index contributed by atoms with van der Waals surface area (Å²) in [6, 6.07) is 18.1. The Kier molecular flexibility index (Phi) is 4.94. The Morgan fingerprint density at radius 2 is 1.62 bits per heavy atom. The molecule has 1 aliphatic carbocycles. The zero-order valence-corrected chi connectivity index (χ0v) is 13.4. The third kappa shape index (κ3) is 4.02. The van der Waals surface area contributed by atoms with Crippen molar-refractivity contribution >= 4 is 11.9 Å². The van der Waals surface area contributed by atoms with Gasteiger partial charge in [0.1, 0.15) is 0 Å². The van der Waals surface area contributed by atoms with Crippen molar-refractivity contribution in [1.82, 2.24) is 5.32 Å². The molecule has 124 valence electrons. The molecule has 1 fully saturated rings. The van der Waals surface area contributed by atoms with Crippen molar-refractivity contribution in [3.63, 3.8) is 0 Å². The summed E-state index contributed by atoms with van der Waals surface area (Å²) in [5.74, 6) is -1.12. The van der Waals surface area contributed by atoms with Crippen LogP contribution in [0.1, 0.15) is 24.8 Å². The molecule has 1 aliphatic rings. The second-order valence-corrected chi connectivity index (χ2v) is 6.35. The van der Waals surface area contributed by atoms with E-state index in [-0.39, 0.29) is 17.9 Å². The zero-order valence-electron chi connectivity index (χ0n) is 13.4. The van der Waals surface area contributed by atoms with Crippen LogP contribution in [-0.2, 0) is 16.0 Å². The van der Waals surface area contributed by atoms with Crippen molar-refractivity contribution < 1.29 is 14.7 Å². The van der Waals surface area contributed by atoms with E-state index < -0.39 is 5.97 Å². The molecular formula is C20H21NO3. The minimum absolute atomic E-state index is 0.0119. The van der Waals surface area contributed by atoms with Crippen LogP contribution in [0.15, 0.2) is 54.6 Å². The number of hydrogen-bond acceptors (Lipinski definition) is 2. The number of carbonyl (C=O) groups is 2. The molecule has 1 saturated carbocycles. The van der Waals surface area contributed by atoms with Crippen LogP contribution < -0.4 is 5.32 Å². The van der Waals surface area contributed by atoms with Gasteiger partial charge in [-0.05, 0) is 36.0 Å². The SMILES string of the molecule is O=C(Cc1ccc(-c2ccccc2)cc1)N[C@@H]1CC[C@H](C(=O)O)C1. The van der Waals surface area contributed by atoms with Gasteiger partial charge >= 0.3 is 5.97 Å². The number of carboxylic acid groups (broad SMARTS) is 1. The van der Waals surface area contributed by atoms with Crippen molar-refractivity contribution in [1.29, 1.82) is 0 Å². The first kappa shape index (κ1) is 16.2. The highest BCUT2D eigenvalue weighted by molar-refractivity contribution is 5.79. The lowest BCUT2D eigenvalue weighted by atomic mass is 10.0. The van der Waals surface area contributed by atoms with Gasteiger partial charge in [-0.1, -0.05) is 54.6 Å². The third-order valence-corrected chi connectivity index (χ3v) is 4.57. The Labute approximate surface area is 141 Å². The van der Waals surface area contributed by atoms with E-state index in [1.165, 1.54) is 0 Å². The Balaban J connectivity index is 1.54. The first-order valence-corrected chi connectivity index (χ1v) is 8.28. The molecule has 0 unspecified atom stereocenters. The lowest BCUT2D eigenvalue weighted by Gasteiger charge is -2.12. The van der Waals surface area contributed by atoms with E-state index in [9.17, 15) is 9.59 Å². The standard InChI is InChI=1S/C20H21NO3/c22-19(21-18-11-10-17(13-18)20(23)24)12-14-6-8-16(9-7-14)15-4-2-1-3-5-15/h1-9,17-18H,10-13H2,(H,21,22)(H,23,24)/t17-,18+/m0/s1. The molecule has 0 radical (unpaired) electrons. The summed E-state index contributed by atoms with van der Waals surface area (Å²) in [7, 11) is 0. The van der Waals surface area contributed by atoms with Crippen LogP contribution in [0.3, 0.4) is 0 Å². The normalized spacial score (nSPS) is 19.8. The molecule has 0 aromatic heterocycles. The molecule has 3 rings (SSSR count). The van der Waals surface area contributed by atoms with E-state index in [1.807, 2.05) is 42.5 Å². The maximum Gasteiger partial charge on any atom is 0.306 e. The van der Waals surface area contributed by atoms with Gasteiger partial charge in [-0.15, -0.1) is 0 Å². The highest BCUT2D eigenvalue weighted by atomic mass is 16.4. The summed E-state index contributed by atoms with van der Waals surface area (Å²) < 4.78 is 0. The maximum absolute atomic E-state index is 12.1. The van der Waals surface area contributed by atoms with Crippen LogP contribution in [0.5, 0.6) is 0 Å². The number of amides is 1. The summed E-state index contributed by atoms with van der Waals surface area (Å²) in [6.07, 6.45) is 2.25. The molecule has 2 aromatic rings. The maximum atomic E-state index is 12.1. The summed E-state index contributed by atoms with van der Waals surface area (Å²) in [5, 5.41) is 12.0. The van der Waals surface area contributed by atoms with Gasteiger partial charge in [-0.3, -0.25) is 9.59 Å². The zero-order chi connectivity index (χ0) is 16.9. The number of hydrogen-bond donors (Lipinski definition) is 2. The van der Waals surface area contributed by atoms with Crippen LogP contribution in [0, 0.1) is 5.92 Å². The Morgan fingerprint density at radius 1 is 0.958 bits per heavy atom. The summed E-state index contributed by atoms with van der Waals surface area (Å²) in [5.41, 5.74) is 3.24. The number of carboxylic acids is 1.